The molecule has 0 radical (unpaired) electrons. The van der Waals surface area contributed by atoms with E-state index in [0.717, 1.165) is 0 Å². The van der Waals surface area contributed by atoms with Gasteiger partial charge in [-0.3, -0.25) is 0 Å². The van der Waals surface area contributed by atoms with E-state index in [0.29, 0.717) is 10.6 Å². The Morgan fingerprint density at radius 3 is 2.92 bits per heavy atom. The van der Waals surface area contributed by atoms with Gasteiger partial charge < -0.3 is 9.87 Å². The molecule has 12 heavy (non-hydrogen) atoms. The molecule has 1 unspecified atom stereocenters. The lowest BCUT2D eigenvalue weighted by molar-refractivity contribution is 0.564. The Bertz CT molecular complexity index is 314. The molecule has 2 N–H and O–H groups in total. The second-order valence-corrected chi connectivity index (χ2v) is 3.24. The van der Waals surface area contributed by atoms with Crippen molar-refractivity contribution in [1.29, 1.82) is 0 Å². The molecule has 1 aromatic rings. The highest BCUT2D eigenvalue weighted by Gasteiger charge is 1.98. The molecule has 1 rings (SSSR count). The van der Waals surface area contributed by atoms with Gasteiger partial charge in [0.15, 0.2) is 11.1 Å². The van der Waals surface area contributed by atoms with Crippen molar-refractivity contribution in [1.82, 2.24) is 0 Å². The summed E-state index contributed by atoms with van der Waals surface area (Å²) in [5.74, 6) is 0. The van der Waals surface area contributed by atoms with Gasteiger partial charge in [0.1, 0.15) is 0 Å². The molecule has 0 saturated heterocycles. The van der Waals surface area contributed by atoms with E-state index in [1.54, 1.807) is 24.3 Å². The molecule has 3 nitrogen and oxygen atoms in total. The van der Waals surface area contributed by atoms with Gasteiger partial charge in [0.2, 0.25) is 0 Å². The number of rotatable bonds is 3. The summed E-state index contributed by atoms with van der Waals surface area (Å²) in [7, 11) is 0. The molecule has 0 aromatic heterocycles. The molecular weight excluding hydrogens is 194 g/mol. The van der Waals surface area contributed by atoms with Crippen molar-refractivity contribution in [3.05, 3.63) is 24.3 Å². The Balaban J connectivity index is 2.95. The maximum absolute atomic E-state index is 10.6. The molecule has 5 heteroatoms. The second kappa shape index (κ2) is 4.30. The van der Waals surface area contributed by atoms with Crippen LogP contribution in [-0.2, 0) is 11.1 Å². The first kappa shape index (κ1) is 9.31. The van der Waals surface area contributed by atoms with E-state index in [1.807, 2.05) is 0 Å². The summed E-state index contributed by atoms with van der Waals surface area (Å²) in [5.41, 5.74) is 2.06. The maximum atomic E-state index is 10.6. The summed E-state index contributed by atoms with van der Waals surface area (Å²) in [6, 6.07) is 6.59. The van der Waals surface area contributed by atoms with E-state index in [-0.39, 0.29) is 0 Å². The molecule has 0 spiro atoms. The number of thiocarbonyl (C=S) groups is 1. The smallest absolute Gasteiger partial charge is 0.186 e. The molecule has 0 bridgehead atoms. The van der Waals surface area contributed by atoms with Gasteiger partial charge in [-0.05, 0) is 18.2 Å². The SMILES string of the molecule is O=S(O)c1cccc(NC=S)c1. The predicted octanol–water partition coefficient (Wildman–Crippen LogP) is 1.64. The molecule has 0 saturated carbocycles. The fraction of sp³-hybridized carbons (Fsp3) is 0. The highest BCUT2D eigenvalue weighted by Crippen LogP contribution is 2.11. The molecule has 1 atom stereocenters. The van der Waals surface area contributed by atoms with Crippen LogP contribution in [-0.4, -0.2) is 14.3 Å². The Morgan fingerprint density at radius 2 is 2.33 bits per heavy atom. The average Bonchev–Trinajstić information content (AvgIpc) is 2.05. The van der Waals surface area contributed by atoms with Crippen molar-refractivity contribution in [3.63, 3.8) is 0 Å². The number of benzene rings is 1. The highest BCUT2D eigenvalue weighted by atomic mass is 32.2. The van der Waals surface area contributed by atoms with Gasteiger partial charge in [0.25, 0.3) is 0 Å². The van der Waals surface area contributed by atoms with Crippen molar-refractivity contribution in [2.24, 2.45) is 0 Å². The fourth-order valence-electron chi connectivity index (χ4n) is 0.763. The Kier molecular flexibility index (Phi) is 3.33. The zero-order chi connectivity index (χ0) is 8.97. The minimum atomic E-state index is -1.93. The van der Waals surface area contributed by atoms with Gasteiger partial charge in [-0.25, -0.2) is 4.21 Å². The second-order valence-electron chi connectivity index (χ2n) is 2.04. The molecule has 64 valence electrons. The monoisotopic (exact) mass is 201 g/mol. The van der Waals surface area contributed by atoms with Gasteiger partial charge in [-0.1, -0.05) is 18.3 Å². The van der Waals surface area contributed by atoms with Crippen LogP contribution in [0.15, 0.2) is 29.2 Å². The molecule has 0 fully saturated rings. The Morgan fingerprint density at radius 1 is 1.58 bits per heavy atom. The van der Waals surface area contributed by atoms with Crippen molar-refractivity contribution >= 4 is 34.5 Å². The summed E-state index contributed by atoms with van der Waals surface area (Å²) < 4.78 is 19.3. The van der Waals surface area contributed by atoms with Crippen molar-refractivity contribution < 1.29 is 8.76 Å². The Hall–Kier alpha value is -0.780. The van der Waals surface area contributed by atoms with E-state index < -0.39 is 11.1 Å². The first-order chi connectivity index (χ1) is 5.74. The average molecular weight is 201 g/mol. The van der Waals surface area contributed by atoms with Gasteiger partial charge in [0, 0.05) is 5.69 Å². The zero-order valence-electron chi connectivity index (χ0n) is 6.06. The number of nitrogens with one attached hydrogen (secondary N) is 1. The van der Waals surface area contributed by atoms with Crippen LogP contribution in [0, 0.1) is 0 Å². The molecule has 0 aliphatic heterocycles. The predicted molar refractivity (Wildman–Crippen MR) is 52.8 cm³/mol. The minimum absolute atomic E-state index is 0.358. The van der Waals surface area contributed by atoms with Gasteiger partial charge in [0.05, 0.1) is 10.4 Å². The largest absolute Gasteiger partial charge is 0.353 e. The Labute approximate surface area is 78.1 Å². The van der Waals surface area contributed by atoms with Gasteiger partial charge >= 0.3 is 0 Å². The van der Waals surface area contributed by atoms with E-state index in [4.69, 9.17) is 4.55 Å². The lowest BCUT2D eigenvalue weighted by Crippen LogP contribution is -1.94. The van der Waals surface area contributed by atoms with E-state index in [2.05, 4.69) is 17.5 Å². The van der Waals surface area contributed by atoms with E-state index >= 15 is 0 Å². The first-order valence-electron chi connectivity index (χ1n) is 3.15. The summed E-state index contributed by atoms with van der Waals surface area (Å²) in [5, 5.41) is 2.75. The quantitative estimate of drug-likeness (QED) is 0.576. The zero-order valence-corrected chi connectivity index (χ0v) is 7.69. The molecule has 0 amide bonds. The molecule has 0 heterocycles. The van der Waals surface area contributed by atoms with Crippen LogP contribution in [0.5, 0.6) is 0 Å². The summed E-state index contributed by atoms with van der Waals surface area (Å²) >= 11 is 2.64. The van der Waals surface area contributed by atoms with Crippen LogP contribution in [0.25, 0.3) is 0 Å². The lowest BCUT2D eigenvalue weighted by Gasteiger charge is -2.00. The standard InChI is InChI=1S/C7H7NO2S2/c9-12(10)7-3-1-2-6(4-7)8-5-11/h1-5H,(H,8,11)(H,9,10). The van der Waals surface area contributed by atoms with Crippen LogP contribution >= 0.6 is 12.2 Å². The van der Waals surface area contributed by atoms with Gasteiger partial charge in [-0.15, -0.1) is 0 Å². The topological polar surface area (TPSA) is 49.3 Å². The van der Waals surface area contributed by atoms with E-state index in [9.17, 15) is 4.21 Å². The minimum Gasteiger partial charge on any atom is -0.353 e. The number of hydrogen-bond donors (Lipinski definition) is 2. The normalized spacial score (nSPS) is 12.1. The third kappa shape index (κ3) is 2.37. The van der Waals surface area contributed by atoms with Crippen LogP contribution < -0.4 is 5.32 Å². The van der Waals surface area contributed by atoms with Crippen LogP contribution in [0.1, 0.15) is 0 Å². The third-order valence-corrected chi connectivity index (χ3v) is 2.04. The fourth-order valence-corrected chi connectivity index (χ4v) is 1.32. The van der Waals surface area contributed by atoms with Crippen molar-refractivity contribution in [3.8, 4) is 0 Å². The molecule has 1 aromatic carbocycles. The number of anilines is 1. The molecule has 0 aliphatic rings. The summed E-state index contributed by atoms with van der Waals surface area (Å²) in [4.78, 5) is 0.358. The van der Waals surface area contributed by atoms with Crippen LogP contribution in [0.3, 0.4) is 0 Å². The lowest BCUT2D eigenvalue weighted by atomic mass is 10.3. The van der Waals surface area contributed by atoms with Gasteiger partial charge in [-0.2, -0.15) is 0 Å². The van der Waals surface area contributed by atoms with E-state index in [1.165, 1.54) is 5.49 Å². The highest BCUT2D eigenvalue weighted by molar-refractivity contribution is 7.79. The third-order valence-electron chi connectivity index (χ3n) is 1.26. The van der Waals surface area contributed by atoms with Crippen LogP contribution in [0.2, 0.25) is 0 Å². The number of hydrogen-bond acceptors (Lipinski definition) is 2. The first-order valence-corrected chi connectivity index (χ1v) is 4.73. The maximum Gasteiger partial charge on any atom is 0.186 e. The van der Waals surface area contributed by atoms with Crippen LogP contribution in [0.4, 0.5) is 5.69 Å². The summed E-state index contributed by atoms with van der Waals surface area (Å²) in [6.07, 6.45) is 0. The molecule has 0 aliphatic carbocycles. The van der Waals surface area contributed by atoms with Crippen molar-refractivity contribution in [2.45, 2.75) is 4.90 Å². The summed E-state index contributed by atoms with van der Waals surface area (Å²) in [6.45, 7) is 0. The molecular formula is C7H7NO2S2. The van der Waals surface area contributed by atoms with Crippen molar-refractivity contribution in [2.75, 3.05) is 5.32 Å².